The average Bonchev–Trinajstić information content (AvgIpc) is 2.70. The molecule has 2 rings (SSSR count). The van der Waals surface area contributed by atoms with E-state index in [4.69, 9.17) is 11.6 Å². The van der Waals surface area contributed by atoms with Crippen LogP contribution in [0.5, 0.6) is 0 Å². The van der Waals surface area contributed by atoms with Gasteiger partial charge in [-0.15, -0.1) is 11.3 Å². The molecule has 78 valence electrons. The molecule has 15 heavy (non-hydrogen) atoms. The number of anilines is 1. The number of thiazole rings is 1. The van der Waals surface area contributed by atoms with Crippen LogP contribution in [0.1, 0.15) is 5.69 Å². The van der Waals surface area contributed by atoms with E-state index in [2.05, 4.69) is 15.0 Å². The molecule has 2 aromatic rings. The molecule has 0 spiro atoms. The van der Waals surface area contributed by atoms with Crippen LogP contribution in [0.3, 0.4) is 0 Å². The Morgan fingerprint density at radius 2 is 2.33 bits per heavy atom. The molecule has 0 aliphatic rings. The Morgan fingerprint density at radius 3 is 3.00 bits per heavy atom. The van der Waals surface area contributed by atoms with Gasteiger partial charge in [0, 0.05) is 18.6 Å². The molecule has 0 aromatic carbocycles. The van der Waals surface area contributed by atoms with Crippen molar-refractivity contribution in [2.75, 3.05) is 11.9 Å². The van der Waals surface area contributed by atoms with E-state index in [0.717, 1.165) is 18.1 Å². The summed E-state index contributed by atoms with van der Waals surface area (Å²) in [6, 6.07) is 1.82. The van der Waals surface area contributed by atoms with Crippen molar-refractivity contribution in [2.24, 2.45) is 0 Å². The second-order valence-corrected chi connectivity index (χ2v) is 4.08. The maximum absolute atomic E-state index is 5.71. The van der Waals surface area contributed by atoms with Crippen molar-refractivity contribution in [3.05, 3.63) is 34.1 Å². The molecule has 2 aromatic heterocycles. The summed E-state index contributed by atoms with van der Waals surface area (Å²) < 4.78 is 0. The van der Waals surface area contributed by atoms with Gasteiger partial charge in [0.05, 0.1) is 17.7 Å². The number of aromatic nitrogens is 3. The summed E-state index contributed by atoms with van der Waals surface area (Å²) >= 11 is 7.29. The Hall–Kier alpha value is -1.20. The van der Waals surface area contributed by atoms with E-state index in [0.29, 0.717) is 0 Å². The van der Waals surface area contributed by atoms with E-state index >= 15 is 0 Å². The average molecular weight is 241 g/mol. The number of hydrogen-bond acceptors (Lipinski definition) is 5. The molecule has 0 aliphatic heterocycles. The van der Waals surface area contributed by atoms with Gasteiger partial charge in [0.25, 0.3) is 0 Å². The summed E-state index contributed by atoms with van der Waals surface area (Å²) in [6.07, 6.45) is 1.64. The highest BCUT2D eigenvalue weighted by atomic mass is 35.5. The Balaban J connectivity index is 2.11. The van der Waals surface area contributed by atoms with Gasteiger partial charge in [-0.1, -0.05) is 0 Å². The Labute approximate surface area is 96.6 Å². The zero-order valence-electron chi connectivity index (χ0n) is 8.09. The van der Waals surface area contributed by atoms with Crippen LogP contribution in [0, 0.1) is 0 Å². The SMILES string of the molecule is CN(Cc1cscn1)c1ccnc(Cl)n1. The normalized spacial score (nSPS) is 10.3. The number of halogens is 1. The van der Waals surface area contributed by atoms with Crippen LogP contribution in [-0.2, 0) is 6.54 Å². The van der Waals surface area contributed by atoms with Crippen molar-refractivity contribution in [1.29, 1.82) is 0 Å². The van der Waals surface area contributed by atoms with Crippen molar-refractivity contribution < 1.29 is 0 Å². The minimum atomic E-state index is 0.262. The fourth-order valence-corrected chi connectivity index (χ4v) is 1.87. The quantitative estimate of drug-likeness (QED) is 0.772. The molecule has 2 heterocycles. The Morgan fingerprint density at radius 1 is 1.47 bits per heavy atom. The summed E-state index contributed by atoms with van der Waals surface area (Å²) in [7, 11) is 1.94. The van der Waals surface area contributed by atoms with E-state index in [1.165, 1.54) is 0 Å². The fourth-order valence-electron chi connectivity index (χ4n) is 1.18. The van der Waals surface area contributed by atoms with Crippen LogP contribution in [0.15, 0.2) is 23.2 Å². The van der Waals surface area contributed by atoms with E-state index in [-0.39, 0.29) is 5.28 Å². The van der Waals surface area contributed by atoms with Gasteiger partial charge in [-0.3, -0.25) is 0 Å². The summed E-state index contributed by atoms with van der Waals surface area (Å²) in [5, 5.41) is 2.27. The van der Waals surface area contributed by atoms with E-state index in [1.807, 2.05) is 28.9 Å². The highest BCUT2D eigenvalue weighted by molar-refractivity contribution is 7.07. The highest BCUT2D eigenvalue weighted by Gasteiger charge is 2.05. The monoisotopic (exact) mass is 240 g/mol. The molecule has 0 amide bonds. The van der Waals surface area contributed by atoms with Gasteiger partial charge in [0.1, 0.15) is 5.82 Å². The minimum Gasteiger partial charge on any atom is -0.354 e. The van der Waals surface area contributed by atoms with Crippen molar-refractivity contribution >= 4 is 28.8 Å². The van der Waals surface area contributed by atoms with Crippen molar-refractivity contribution in [2.45, 2.75) is 6.54 Å². The molecule has 0 saturated heterocycles. The summed E-state index contributed by atoms with van der Waals surface area (Å²) in [4.78, 5) is 14.1. The molecular weight excluding hydrogens is 232 g/mol. The predicted molar refractivity (Wildman–Crippen MR) is 61.3 cm³/mol. The maximum atomic E-state index is 5.71. The maximum Gasteiger partial charge on any atom is 0.224 e. The van der Waals surface area contributed by atoms with Crippen molar-refractivity contribution in [3.63, 3.8) is 0 Å². The molecular formula is C9H9ClN4S. The van der Waals surface area contributed by atoms with Gasteiger partial charge in [-0.05, 0) is 17.7 Å². The topological polar surface area (TPSA) is 41.9 Å². The van der Waals surface area contributed by atoms with Gasteiger partial charge in [0.15, 0.2) is 0 Å². The molecule has 4 nitrogen and oxygen atoms in total. The molecule has 0 aliphatic carbocycles. The Kier molecular flexibility index (Phi) is 3.13. The van der Waals surface area contributed by atoms with Crippen LogP contribution in [-0.4, -0.2) is 22.0 Å². The largest absolute Gasteiger partial charge is 0.354 e. The number of nitrogens with zero attached hydrogens (tertiary/aromatic N) is 4. The lowest BCUT2D eigenvalue weighted by Gasteiger charge is -2.16. The first-order chi connectivity index (χ1) is 7.25. The van der Waals surface area contributed by atoms with Crippen LogP contribution < -0.4 is 4.90 Å². The van der Waals surface area contributed by atoms with Crippen LogP contribution >= 0.6 is 22.9 Å². The first-order valence-electron chi connectivity index (χ1n) is 4.32. The molecule has 0 saturated carbocycles. The lowest BCUT2D eigenvalue weighted by atomic mass is 10.4. The molecule has 0 radical (unpaired) electrons. The third-order valence-corrected chi connectivity index (χ3v) is 2.70. The third-order valence-electron chi connectivity index (χ3n) is 1.89. The molecule has 0 atom stereocenters. The summed E-state index contributed by atoms with van der Waals surface area (Å²) in [6.45, 7) is 0.719. The first-order valence-corrected chi connectivity index (χ1v) is 5.64. The molecule has 0 unspecified atom stereocenters. The minimum absolute atomic E-state index is 0.262. The van der Waals surface area contributed by atoms with Gasteiger partial charge in [-0.25, -0.2) is 15.0 Å². The van der Waals surface area contributed by atoms with Crippen LogP contribution in [0.4, 0.5) is 5.82 Å². The molecule has 0 fully saturated rings. The zero-order valence-corrected chi connectivity index (χ0v) is 9.66. The van der Waals surface area contributed by atoms with Gasteiger partial charge < -0.3 is 4.90 Å². The first kappa shape index (κ1) is 10.3. The Bertz CT molecular complexity index is 431. The standard InChI is InChI=1S/C9H9ClN4S/c1-14(4-7-5-15-6-12-7)8-2-3-11-9(10)13-8/h2-3,5-6H,4H2,1H3. The molecule has 0 N–H and O–H groups in total. The van der Waals surface area contributed by atoms with Gasteiger partial charge >= 0.3 is 0 Å². The smallest absolute Gasteiger partial charge is 0.224 e. The van der Waals surface area contributed by atoms with Crippen molar-refractivity contribution in [3.8, 4) is 0 Å². The predicted octanol–water partition coefficient (Wildman–Crippen LogP) is 2.22. The zero-order chi connectivity index (χ0) is 10.7. The number of rotatable bonds is 3. The van der Waals surface area contributed by atoms with Gasteiger partial charge in [-0.2, -0.15) is 0 Å². The van der Waals surface area contributed by atoms with E-state index in [9.17, 15) is 0 Å². The highest BCUT2D eigenvalue weighted by Crippen LogP contribution is 2.13. The van der Waals surface area contributed by atoms with Crippen LogP contribution in [0.2, 0.25) is 5.28 Å². The van der Waals surface area contributed by atoms with E-state index < -0.39 is 0 Å². The molecule has 6 heteroatoms. The summed E-state index contributed by atoms with van der Waals surface area (Å²) in [5.41, 5.74) is 2.84. The lowest BCUT2D eigenvalue weighted by molar-refractivity contribution is 0.869. The van der Waals surface area contributed by atoms with Crippen molar-refractivity contribution in [1.82, 2.24) is 15.0 Å². The van der Waals surface area contributed by atoms with Crippen LogP contribution in [0.25, 0.3) is 0 Å². The second-order valence-electron chi connectivity index (χ2n) is 3.02. The fraction of sp³-hybridized carbons (Fsp3) is 0.222. The second kappa shape index (κ2) is 4.55. The van der Waals surface area contributed by atoms with E-state index in [1.54, 1.807) is 17.5 Å². The number of hydrogen-bond donors (Lipinski definition) is 0. The molecule has 0 bridgehead atoms. The lowest BCUT2D eigenvalue weighted by Crippen LogP contribution is -2.17. The third kappa shape index (κ3) is 2.64. The summed E-state index contributed by atoms with van der Waals surface area (Å²) in [5.74, 6) is 0.794. The van der Waals surface area contributed by atoms with Gasteiger partial charge in [0.2, 0.25) is 5.28 Å².